The first-order chi connectivity index (χ1) is 9.83. The molecule has 1 aliphatic rings. The quantitative estimate of drug-likeness (QED) is 0.920. The Labute approximate surface area is 118 Å². The van der Waals surface area contributed by atoms with Gasteiger partial charge in [-0.3, -0.25) is 4.90 Å². The third kappa shape index (κ3) is 3.00. The Hall–Kier alpha value is -1.85. The van der Waals surface area contributed by atoms with Crippen LogP contribution in [0, 0.1) is 0 Å². The Morgan fingerprint density at radius 3 is 2.55 bits per heavy atom. The van der Waals surface area contributed by atoms with E-state index in [0.29, 0.717) is 5.88 Å². The fraction of sp³-hybridized carbons (Fsp3) is 0.400. The Morgan fingerprint density at radius 2 is 1.90 bits per heavy atom. The maximum atomic E-state index is 5.72. The van der Waals surface area contributed by atoms with Crippen molar-refractivity contribution < 1.29 is 9.26 Å². The monoisotopic (exact) mass is 273 g/mol. The van der Waals surface area contributed by atoms with Crippen molar-refractivity contribution in [1.82, 2.24) is 10.1 Å². The van der Waals surface area contributed by atoms with Crippen molar-refractivity contribution in [3.8, 4) is 11.1 Å². The number of nitrogen functional groups attached to an aromatic ring is 1. The first-order valence-corrected chi connectivity index (χ1v) is 6.92. The Kier molecular flexibility index (Phi) is 3.99. The highest BCUT2D eigenvalue weighted by molar-refractivity contribution is 5.71. The topological polar surface area (TPSA) is 64.5 Å². The van der Waals surface area contributed by atoms with Gasteiger partial charge in [0.05, 0.1) is 25.0 Å². The molecule has 20 heavy (non-hydrogen) atoms. The predicted octanol–water partition coefficient (Wildman–Crippen LogP) is 1.80. The van der Waals surface area contributed by atoms with Gasteiger partial charge in [0.2, 0.25) is 5.88 Å². The zero-order valence-electron chi connectivity index (χ0n) is 11.4. The van der Waals surface area contributed by atoms with E-state index in [2.05, 4.69) is 34.3 Å². The minimum Gasteiger partial charge on any atom is -0.379 e. The van der Waals surface area contributed by atoms with Gasteiger partial charge in [-0.1, -0.05) is 29.4 Å². The fourth-order valence-corrected chi connectivity index (χ4v) is 2.43. The van der Waals surface area contributed by atoms with E-state index < -0.39 is 0 Å². The summed E-state index contributed by atoms with van der Waals surface area (Å²) in [4.78, 5) is 2.44. The number of nitrogens with two attached hydrogens (primary N) is 1. The third-order valence-electron chi connectivity index (χ3n) is 3.68. The molecule has 3 rings (SSSR count). The molecule has 5 nitrogen and oxygen atoms in total. The van der Waals surface area contributed by atoms with Gasteiger partial charge in [0.25, 0.3) is 0 Å². The lowest BCUT2D eigenvalue weighted by molar-refractivity contribution is 0.0384. The number of nitrogens with zero attached hydrogens (tertiary/aromatic N) is 2. The first-order valence-electron chi connectivity index (χ1n) is 6.92. The molecule has 0 spiro atoms. The summed E-state index contributed by atoms with van der Waals surface area (Å²) in [5, 5.41) is 3.70. The van der Waals surface area contributed by atoms with E-state index in [9.17, 15) is 0 Å². The van der Waals surface area contributed by atoms with Gasteiger partial charge >= 0.3 is 0 Å². The zero-order chi connectivity index (χ0) is 13.8. The van der Waals surface area contributed by atoms with Crippen LogP contribution in [0.2, 0.25) is 0 Å². The third-order valence-corrected chi connectivity index (χ3v) is 3.68. The number of ether oxygens (including phenoxy) is 1. The van der Waals surface area contributed by atoms with Gasteiger partial charge < -0.3 is 15.0 Å². The molecule has 2 heterocycles. The summed E-state index contributed by atoms with van der Waals surface area (Å²) < 4.78 is 10.2. The molecule has 106 valence electrons. The van der Waals surface area contributed by atoms with Crippen LogP contribution in [0.5, 0.6) is 0 Å². The molecule has 0 saturated carbocycles. The lowest BCUT2D eigenvalue weighted by atomic mass is 10.0. The van der Waals surface area contributed by atoms with Gasteiger partial charge in [0.15, 0.2) is 0 Å². The zero-order valence-corrected chi connectivity index (χ0v) is 11.4. The molecule has 0 aliphatic carbocycles. The Bertz CT molecular complexity index is 545. The lowest BCUT2D eigenvalue weighted by Crippen LogP contribution is -2.37. The first kappa shape index (κ1) is 13.1. The largest absolute Gasteiger partial charge is 0.379 e. The molecule has 0 bridgehead atoms. The molecule has 1 aromatic heterocycles. The summed E-state index contributed by atoms with van der Waals surface area (Å²) in [6.45, 7) is 4.86. The highest BCUT2D eigenvalue weighted by atomic mass is 16.5. The number of aromatic nitrogens is 1. The molecule has 5 heteroatoms. The summed E-state index contributed by atoms with van der Waals surface area (Å²) >= 11 is 0. The van der Waals surface area contributed by atoms with E-state index in [1.165, 1.54) is 5.56 Å². The number of rotatable bonds is 4. The smallest absolute Gasteiger partial charge is 0.229 e. The van der Waals surface area contributed by atoms with Gasteiger partial charge in [0, 0.05) is 19.6 Å². The summed E-state index contributed by atoms with van der Waals surface area (Å²) in [6, 6.07) is 8.42. The van der Waals surface area contributed by atoms with E-state index in [0.717, 1.165) is 50.4 Å². The van der Waals surface area contributed by atoms with Gasteiger partial charge in [-0.25, -0.2) is 0 Å². The summed E-state index contributed by atoms with van der Waals surface area (Å²) in [7, 11) is 0. The standard InChI is InChI=1S/C15H19N3O2/c16-15-14(11-17-20-15)13-3-1-12(2-4-13)5-6-18-7-9-19-10-8-18/h1-4,11H,5-10,16H2. The SMILES string of the molecule is Nc1oncc1-c1ccc(CCN2CCOCC2)cc1. The summed E-state index contributed by atoms with van der Waals surface area (Å²) in [5.41, 5.74) is 8.94. The number of benzene rings is 1. The van der Waals surface area contributed by atoms with Crippen molar-refractivity contribution in [2.24, 2.45) is 0 Å². The Morgan fingerprint density at radius 1 is 1.15 bits per heavy atom. The van der Waals surface area contributed by atoms with Crippen molar-refractivity contribution in [3.05, 3.63) is 36.0 Å². The number of morpholine rings is 1. The van der Waals surface area contributed by atoms with Crippen LogP contribution in [0.3, 0.4) is 0 Å². The van der Waals surface area contributed by atoms with Crippen molar-refractivity contribution in [2.45, 2.75) is 6.42 Å². The fourth-order valence-electron chi connectivity index (χ4n) is 2.43. The van der Waals surface area contributed by atoms with Crippen LogP contribution >= 0.6 is 0 Å². The predicted molar refractivity (Wildman–Crippen MR) is 77.3 cm³/mol. The van der Waals surface area contributed by atoms with Crippen LogP contribution in [-0.2, 0) is 11.2 Å². The average molecular weight is 273 g/mol. The Balaban J connectivity index is 1.60. The highest BCUT2D eigenvalue weighted by Gasteiger charge is 2.10. The van der Waals surface area contributed by atoms with Gasteiger partial charge in [0.1, 0.15) is 0 Å². The van der Waals surface area contributed by atoms with Crippen LogP contribution in [-0.4, -0.2) is 42.9 Å². The van der Waals surface area contributed by atoms with Crippen molar-refractivity contribution >= 4 is 5.88 Å². The number of anilines is 1. The molecule has 1 saturated heterocycles. The molecule has 1 aromatic carbocycles. The minimum absolute atomic E-state index is 0.367. The summed E-state index contributed by atoms with van der Waals surface area (Å²) in [6.07, 6.45) is 2.71. The molecule has 0 radical (unpaired) electrons. The molecule has 0 unspecified atom stereocenters. The van der Waals surface area contributed by atoms with Gasteiger partial charge in [-0.15, -0.1) is 0 Å². The average Bonchev–Trinajstić information content (AvgIpc) is 2.93. The van der Waals surface area contributed by atoms with Crippen molar-refractivity contribution in [2.75, 3.05) is 38.6 Å². The van der Waals surface area contributed by atoms with E-state index in [4.69, 9.17) is 15.0 Å². The van der Waals surface area contributed by atoms with Crippen molar-refractivity contribution in [1.29, 1.82) is 0 Å². The van der Waals surface area contributed by atoms with Crippen LogP contribution in [0.15, 0.2) is 35.0 Å². The molecule has 1 aliphatic heterocycles. The van der Waals surface area contributed by atoms with Crippen LogP contribution in [0.1, 0.15) is 5.56 Å². The van der Waals surface area contributed by atoms with E-state index in [-0.39, 0.29) is 0 Å². The number of hydrogen-bond donors (Lipinski definition) is 1. The van der Waals surface area contributed by atoms with Gasteiger partial charge in [-0.2, -0.15) is 0 Å². The molecule has 0 amide bonds. The van der Waals surface area contributed by atoms with Crippen LogP contribution in [0.4, 0.5) is 5.88 Å². The van der Waals surface area contributed by atoms with Crippen molar-refractivity contribution in [3.63, 3.8) is 0 Å². The number of hydrogen-bond acceptors (Lipinski definition) is 5. The molecule has 2 N–H and O–H groups in total. The maximum Gasteiger partial charge on any atom is 0.229 e. The molecule has 0 atom stereocenters. The molecule has 1 fully saturated rings. The molecular formula is C15H19N3O2. The minimum atomic E-state index is 0.367. The highest BCUT2D eigenvalue weighted by Crippen LogP contribution is 2.25. The lowest BCUT2D eigenvalue weighted by Gasteiger charge is -2.26. The van der Waals surface area contributed by atoms with E-state index >= 15 is 0 Å². The summed E-state index contributed by atoms with van der Waals surface area (Å²) in [5.74, 6) is 0.367. The maximum absolute atomic E-state index is 5.72. The second kappa shape index (κ2) is 6.07. The van der Waals surface area contributed by atoms with Crippen LogP contribution < -0.4 is 5.73 Å². The van der Waals surface area contributed by atoms with E-state index in [1.54, 1.807) is 6.20 Å². The molecular weight excluding hydrogens is 254 g/mol. The van der Waals surface area contributed by atoms with E-state index in [1.807, 2.05) is 0 Å². The molecule has 2 aromatic rings. The second-order valence-electron chi connectivity index (χ2n) is 5.00. The van der Waals surface area contributed by atoms with Crippen LogP contribution in [0.25, 0.3) is 11.1 Å². The normalized spacial score (nSPS) is 16.4. The van der Waals surface area contributed by atoms with Gasteiger partial charge in [-0.05, 0) is 17.5 Å². The second-order valence-corrected chi connectivity index (χ2v) is 5.00.